The number of nitrogens with zero attached hydrogens (tertiary/aromatic N) is 1. The van der Waals surface area contributed by atoms with Crippen LogP contribution in [0.15, 0.2) is 12.3 Å². The maximum absolute atomic E-state index is 10.6. The third-order valence-corrected chi connectivity index (χ3v) is 4.22. The molecule has 2 rings (SSSR count). The summed E-state index contributed by atoms with van der Waals surface area (Å²) in [5, 5.41) is 13.9. The van der Waals surface area contributed by atoms with E-state index >= 15 is 0 Å². The number of aliphatic hydroxyl groups is 1. The molecule has 0 radical (unpaired) electrons. The first-order valence-corrected chi connectivity index (χ1v) is 6.98. The first-order chi connectivity index (χ1) is 8.80. The number of pyridine rings is 1. The number of hydrogen-bond donors (Lipinski definition) is 3. The van der Waals surface area contributed by atoms with E-state index < -0.39 is 5.60 Å². The number of nitrogens with one attached hydrogen (secondary N) is 1. The molecule has 0 atom stereocenters. The maximum Gasteiger partial charge on any atom is 0.129 e. The highest BCUT2D eigenvalue weighted by atomic mass is 16.3. The number of hydrogen-bond acceptors (Lipinski definition) is 4. The van der Waals surface area contributed by atoms with Crippen molar-refractivity contribution in [3.63, 3.8) is 0 Å². The van der Waals surface area contributed by atoms with Crippen molar-refractivity contribution < 1.29 is 5.11 Å². The van der Waals surface area contributed by atoms with Crippen LogP contribution in [0.1, 0.15) is 45.1 Å². The number of aryl methyl sites for hydroxylation is 1. The molecule has 0 bridgehead atoms. The van der Waals surface area contributed by atoms with E-state index in [9.17, 15) is 5.11 Å². The molecule has 106 valence electrons. The average Bonchev–Trinajstić information content (AvgIpc) is 2.33. The van der Waals surface area contributed by atoms with Crippen molar-refractivity contribution in [1.29, 1.82) is 0 Å². The van der Waals surface area contributed by atoms with Crippen LogP contribution in [0.25, 0.3) is 0 Å². The summed E-state index contributed by atoms with van der Waals surface area (Å²) < 4.78 is 0. The number of nitrogen functional groups attached to an aromatic ring is 1. The first-order valence-electron chi connectivity index (χ1n) is 6.98. The van der Waals surface area contributed by atoms with Gasteiger partial charge >= 0.3 is 0 Å². The van der Waals surface area contributed by atoms with Crippen LogP contribution in [-0.2, 0) is 0 Å². The zero-order chi connectivity index (χ0) is 14.1. The van der Waals surface area contributed by atoms with Crippen LogP contribution in [-0.4, -0.2) is 22.2 Å². The summed E-state index contributed by atoms with van der Waals surface area (Å²) in [7, 11) is 0. The summed E-state index contributed by atoms with van der Waals surface area (Å²) in [5.74, 6) is 0.812. The van der Waals surface area contributed by atoms with Gasteiger partial charge in [-0.15, -0.1) is 0 Å². The number of aromatic nitrogens is 1. The van der Waals surface area contributed by atoms with Crippen molar-refractivity contribution in [3.8, 4) is 0 Å². The van der Waals surface area contributed by atoms with Crippen LogP contribution >= 0.6 is 0 Å². The van der Waals surface area contributed by atoms with Crippen molar-refractivity contribution in [3.05, 3.63) is 17.8 Å². The molecule has 19 heavy (non-hydrogen) atoms. The quantitative estimate of drug-likeness (QED) is 0.784. The van der Waals surface area contributed by atoms with Gasteiger partial charge in [-0.2, -0.15) is 0 Å². The second-order valence-electron chi connectivity index (χ2n) is 6.68. The lowest BCUT2D eigenvalue weighted by molar-refractivity contribution is -0.0145. The molecule has 0 spiro atoms. The fourth-order valence-corrected chi connectivity index (χ4v) is 2.60. The van der Waals surface area contributed by atoms with E-state index in [0.717, 1.165) is 37.1 Å². The van der Waals surface area contributed by atoms with Crippen molar-refractivity contribution >= 4 is 11.5 Å². The summed E-state index contributed by atoms with van der Waals surface area (Å²) in [6.07, 6.45) is 5.48. The highest BCUT2D eigenvalue weighted by molar-refractivity contribution is 5.50. The molecule has 4 N–H and O–H groups in total. The lowest BCUT2D eigenvalue weighted by Crippen LogP contribution is -2.42. The van der Waals surface area contributed by atoms with Gasteiger partial charge in [-0.05, 0) is 49.7 Å². The monoisotopic (exact) mass is 263 g/mol. The van der Waals surface area contributed by atoms with E-state index in [0.29, 0.717) is 17.6 Å². The van der Waals surface area contributed by atoms with Gasteiger partial charge in [0.05, 0.1) is 17.5 Å². The Labute approximate surface area is 115 Å². The SMILES string of the molecule is Cc1cc(N)cnc1NCC1(O)CCC(C)(C)CC1. The van der Waals surface area contributed by atoms with Crippen LogP contribution < -0.4 is 11.1 Å². The van der Waals surface area contributed by atoms with Crippen molar-refractivity contribution in [2.24, 2.45) is 5.41 Å². The van der Waals surface area contributed by atoms with Crippen LogP contribution in [0.4, 0.5) is 11.5 Å². The largest absolute Gasteiger partial charge is 0.397 e. The van der Waals surface area contributed by atoms with E-state index in [4.69, 9.17) is 5.73 Å². The molecule has 0 unspecified atom stereocenters. The third kappa shape index (κ3) is 3.60. The molecule has 4 heteroatoms. The molecule has 1 aromatic rings. The second kappa shape index (κ2) is 5.00. The topological polar surface area (TPSA) is 71.2 Å². The molecular formula is C15H25N3O. The van der Waals surface area contributed by atoms with Crippen molar-refractivity contribution in [1.82, 2.24) is 4.98 Å². The molecule has 1 heterocycles. The molecule has 1 aliphatic carbocycles. The summed E-state index contributed by atoms with van der Waals surface area (Å²) in [6.45, 7) is 7.07. The second-order valence-corrected chi connectivity index (χ2v) is 6.68. The molecule has 4 nitrogen and oxygen atoms in total. The van der Waals surface area contributed by atoms with E-state index in [1.54, 1.807) is 6.20 Å². The Morgan fingerprint density at radius 2 is 1.95 bits per heavy atom. The van der Waals surface area contributed by atoms with Crippen molar-refractivity contribution in [2.75, 3.05) is 17.6 Å². The predicted molar refractivity (Wildman–Crippen MR) is 79.1 cm³/mol. The van der Waals surface area contributed by atoms with Crippen LogP contribution in [0.5, 0.6) is 0 Å². The third-order valence-electron chi connectivity index (χ3n) is 4.22. The summed E-state index contributed by atoms with van der Waals surface area (Å²) in [6, 6.07) is 1.89. The molecule has 0 amide bonds. The lowest BCUT2D eigenvalue weighted by atomic mass is 9.71. The predicted octanol–water partition coefficient (Wildman–Crippen LogP) is 2.72. The minimum atomic E-state index is -0.606. The highest BCUT2D eigenvalue weighted by Crippen LogP contribution is 2.40. The van der Waals surface area contributed by atoms with E-state index in [2.05, 4.69) is 24.1 Å². The fourth-order valence-electron chi connectivity index (χ4n) is 2.60. The number of anilines is 2. The van der Waals surface area contributed by atoms with Gasteiger partial charge in [0.2, 0.25) is 0 Å². The molecule has 1 saturated carbocycles. The Morgan fingerprint density at radius 3 is 2.53 bits per heavy atom. The van der Waals surface area contributed by atoms with Gasteiger partial charge in [0.25, 0.3) is 0 Å². The van der Waals surface area contributed by atoms with Gasteiger partial charge in [0.1, 0.15) is 5.82 Å². The van der Waals surface area contributed by atoms with Gasteiger partial charge in [-0.3, -0.25) is 0 Å². The highest BCUT2D eigenvalue weighted by Gasteiger charge is 2.36. The molecular weight excluding hydrogens is 238 g/mol. The lowest BCUT2D eigenvalue weighted by Gasteiger charge is -2.40. The van der Waals surface area contributed by atoms with Gasteiger partial charge in [-0.1, -0.05) is 13.8 Å². The smallest absolute Gasteiger partial charge is 0.129 e. The molecule has 1 aliphatic rings. The standard InChI is InChI=1S/C15H25N3O/c1-11-8-12(16)9-17-13(11)18-10-15(19)6-4-14(2,3)5-7-15/h8-9,19H,4-7,10,16H2,1-3H3,(H,17,18). The molecule has 0 aliphatic heterocycles. The van der Waals surface area contributed by atoms with Gasteiger partial charge in [-0.25, -0.2) is 4.98 Å². The molecule has 0 saturated heterocycles. The summed E-state index contributed by atoms with van der Waals surface area (Å²) >= 11 is 0. The zero-order valence-electron chi connectivity index (χ0n) is 12.2. The normalized spacial score (nSPS) is 21.1. The van der Waals surface area contributed by atoms with E-state index in [-0.39, 0.29) is 0 Å². The Hall–Kier alpha value is -1.29. The average molecular weight is 263 g/mol. The Kier molecular flexibility index (Phi) is 3.72. The Bertz CT molecular complexity index is 447. The molecule has 1 fully saturated rings. The van der Waals surface area contributed by atoms with E-state index in [1.165, 1.54) is 0 Å². The van der Waals surface area contributed by atoms with Crippen LogP contribution in [0.2, 0.25) is 0 Å². The minimum absolute atomic E-state index is 0.363. The summed E-state index contributed by atoms with van der Waals surface area (Å²) in [4.78, 5) is 4.27. The summed E-state index contributed by atoms with van der Waals surface area (Å²) in [5.41, 5.74) is 7.12. The van der Waals surface area contributed by atoms with Gasteiger partial charge in [0.15, 0.2) is 0 Å². The minimum Gasteiger partial charge on any atom is -0.397 e. The van der Waals surface area contributed by atoms with Gasteiger partial charge < -0.3 is 16.2 Å². The molecule has 0 aromatic carbocycles. The Balaban J connectivity index is 1.95. The fraction of sp³-hybridized carbons (Fsp3) is 0.667. The number of rotatable bonds is 3. The van der Waals surface area contributed by atoms with Crippen LogP contribution in [0, 0.1) is 12.3 Å². The zero-order valence-corrected chi connectivity index (χ0v) is 12.2. The maximum atomic E-state index is 10.6. The Morgan fingerprint density at radius 1 is 1.32 bits per heavy atom. The van der Waals surface area contributed by atoms with Crippen LogP contribution in [0.3, 0.4) is 0 Å². The van der Waals surface area contributed by atoms with Crippen molar-refractivity contribution in [2.45, 2.75) is 52.1 Å². The first kappa shape index (κ1) is 14.1. The van der Waals surface area contributed by atoms with E-state index in [1.807, 2.05) is 13.0 Å². The van der Waals surface area contributed by atoms with Gasteiger partial charge in [0, 0.05) is 6.54 Å². The molecule has 1 aromatic heterocycles. The number of nitrogens with two attached hydrogens (primary N) is 1.